The maximum atomic E-state index is 12.8. The van der Waals surface area contributed by atoms with Crippen LogP contribution in [0.25, 0.3) is 10.9 Å². The van der Waals surface area contributed by atoms with E-state index in [1.54, 1.807) is 31.4 Å². The largest absolute Gasteiger partial charge is 0.497 e. The molecule has 31 heavy (non-hydrogen) atoms. The predicted molar refractivity (Wildman–Crippen MR) is 118 cm³/mol. The Hall–Kier alpha value is -3.39. The van der Waals surface area contributed by atoms with E-state index >= 15 is 0 Å². The van der Waals surface area contributed by atoms with Gasteiger partial charge in [0.2, 0.25) is 5.91 Å². The van der Waals surface area contributed by atoms with Gasteiger partial charge in [0.25, 0.3) is 5.56 Å². The zero-order chi connectivity index (χ0) is 21.8. The number of ether oxygens (including phenoxy) is 1. The second kappa shape index (κ2) is 9.18. The van der Waals surface area contributed by atoms with Gasteiger partial charge in [0, 0.05) is 6.54 Å². The van der Waals surface area contributed by atoms with E-state index in [1.807, 2.05) is 24.3 Å². The summed E-state index contributed by atoms with van der Waals surface area (Å²) in [5.74, 6) is 0.491. The van der Waals surface area contributed by atoms with E-state index in [9.17, 15) is 14.4 Å². The number of nitrogens with one attached hydrogen (secondary N) is 2. The van der Waals surface area contributed by atoms with Crippen molar-refractivity contribution < 1.29 is 9.53 Å². The number of carbonyl (C=O) groups is 1. The lowest BCUT2D eigenvalue weighted by atomic mass is 10.0. The van der Waals surface area contributed by atoms with E-state index in [0.717, 1.165) is 37.2 Å². The minimum absolute atomic E-state index is 0.0191. The van der Waals surface area contributed by atoms with E-state index in [-0.39, 0.29) is 18.5 Å². The van der Waals surface area contributed by atoms with Gasteiger partial charge in [-0.1, -0.05) is 24.3 Å². The number of amides is 1. The number of benzene rings is 2. The summed E-state index contributed by atoms with van der Waals surface area (Å²) in [5, 5.41) is 3.35. The number of fused-ring (bicyclic) bond motifs is 1. The van der Waals surface area contributed by atoms with Crippen LogP contribution in [0.15, 0.2) is 58.1 Å². The lowest BCUT2D eigenvalue weighted by Crippen LogP contribution is -2.40. The second-order valence-electron chi connectivity index (χ2n) is 7.70. The van der Waals surface area contributed by atoms with Gasteiger partial charge in [-0.3, -0.25) is 24.0 Å². The number of nitrogens with zero attached hydrogens (tertiary/aromatic N) is 2. The van der Waals surface area contributed by atoms with Crippen molar-refractivity contribution in [3.05, 3.63) is 74.9 Å². The van der Waals surface area contributed by atoms with Gasteiger partial charge in [-0.05, 0) is 55.8 Å². The highest BCUT2D eigenvalue weighted by molar-refractivity contribution is 5.81. The number of rotatable bonds is 7. The molecular formula is C23H26N4O4. The third-order valence-corrected chi connectivity index (χ3v) is 5.76. The van der Waals surface area contributed by atoms with Crippen molar-refractivity contribution >= 4 is 16.8 Å². The van der Waals surface area contributed by atoms with Crippen LogP contribution in [0.2, 0.25) is 0 Å². The highest BCUT2D eigenvalue weighted by Crippen LogP contribution is 2.27. The molecule has 0 unspecified atom stereocenters. The molecule has 1 aromatic heterocycles. The Kier molecular flexibility index (Phi) is 6.18. The molecule has 0 spiro atoms. The van der Waals surface area contributed by atoms with Crippen LogP contribution in [0.4, 0.5) is 0 Å². The van der Waals surface area contributed by atoms with Crippen LogP contribution in [-0.4, -0.2) is 47.1 Å². The Morgan fingerprint density at radius 2 is 1.90 bits per heavy atom. The number of carbonyl (C=O) groups excluding carboxylic acids is 1. The van der Waals surface area contributed by atoms with Gasteiger partial charge in [-0.15, -0.1) is 0 Å². The smallest absolute Gasteiger partial charge is 0.329 e. The number of aromatic nitrogens is 2. The fraction of sp³-hybridized carbons (Fsp3) is 0.348. The van der Waals surface area contributed by atoms with Gasteiger partial charge >= 0.3 is 5.69 Å². The topological polar surface area (TPSA) is 96.4 Å². The summed E-state index contributed by atoms with van der Waals surface area (Å²) < 4.78 is 6.66. The molecule has 162 valence electrons. The molecule has 0 bridgehead atoms. The number of H-pyrrole nitrogens is 1. The standard InChI is InChI=1S/C23H26N4O4/c1-31-17-8-6-7-16(13-17)20(26-11-4-5-12-26)14-24-21(28)15-27-19-10-3-2-9-18(19)22(29)25-23(27)30/h2-3,6-10,13,20H,4-5,11-12,14-15H2,1H3,(H,24,28)(H,25,29,30)/t20-/m1/s1. The van der Waals surface area contributed by atoms with Crippen LogP contribution < -0.4 is 21.3 Å². The van der Waals surface area contributed by atoms with E-state index in [1.165, 1.54) is 4.57 Å². The number of hydrogen-bond acceptors (Lipinski definition) is 5. The minimum Gasteiger partial charge on any atom is -0.497 e. The van der Waals surface area contributed by atoms with Gasteiger partial charge in [-0.2, -0.15) is 0 Å². The van der Waals surface area contributed by atoms with Gasteiger partial charge in [-0.25, -0.2) is 4.79 Å². The van der Waals surface area contributed by atoms with Crippen LogP contribution in [0.1, 0.15) is 24.4 Å². The Morgan fingerprint density at radius 1 is 1.13 bits per heavy atom. The molecule has 8 nitrogen and oxygen atoms in total. The molecule has 1 atom stereocenters. The fourth-order valence-corrected chi connectivity index (χ4v) is 4.17. The lowest BCUT2D eigenvalue weighted by Gasteiger charge is -2.28. The molecule has 1 fully saturated rings. The van der Waals surface area contributed by atoms with Crippen molar-refractivity contribution in [1.82, 2.24) is 19.8 Å². The van der Waals surface area contributed by atoms with Crippen molar-refractivity contribution in [3.63, 3.8) is 0 Å². The summed E-state index contributed by atoms with van der Waals surface area (Å²) >= 11 is 0. The molecule has 0 saturated carbocycles. The quantitative estimate of drug-likeness (QED) is 0.604. The van der Waals surface area contributed by atoms with Gasteiger partial charge in [0.05, 0.1) is 24.1 Å². The first-order valence-corrected chi connectivity index (χ1v) is 10.4. The number of aromatic amines is 1. The highest BCUT2D eigenvalue weighted by Gasteiger charge is 2.24. The summed E-state index contributed by atoms with van der Waals surface area (Å²) in [4.78, 5) is 41.8. The number of methoxy groups -OCH3 is 1. The van der Waals surface area contributed by atoms with Crippen LogP contribution >= 0.6 is 0 Å². The van der Waals surface area contributed by atoms with Crippen molar-refractivity contribution in [2.45, 2.75) is 25.4 Å². The fourth-order valence-electron chi connectivity index (χ4n) is 4.17. The zero-order valence-electron chi connectivity index (χ0n) is 17.5. The van der Waals surface area contributed by atoms with Crippen molar-refractivity contribution in [3.8, 4) is 5.75 Å². The van der Waals surface area contributed by atoms with Crippen LogP contribution in [-0.2, 0) is 11.3 Å². The predicted octanol–water partition coefficient (Wildman–Crippen LogP) is 1.65. The van der Waals surface area contributed by atoms with Gasteiger partial charge < -0.3 is 10.1 Å². The summed E-state index contributed by atoms with van der Waals surface area (Å²) in [5.41, 5.74) is 0.468. The van der Waals surface area contributed by atoms with Crippen molar-refractivity contribution in [2.75, 3.05) is 26.7 Å². The van der Waals surface area contributed by atoms with Crippen LogP contribution in [0, 0.1) is 0 Å². The maximum absolute atomic E-state index is 12.8. The summed E-state index contributed by atoms with van der Waals surface area (Å²) in [7, 11) is 1.64. The zero-order valence-corrected chi connectivity index (χ0v) is 17.5. The monoisotopic (exact) mass is 422 g/mol. The number of likely N-dealkylation sites (tertiary alicyclic amines) is 1. The van der Waals surface area contributed by atoms with Crippen LogP contribution in [0.5, 0.6) is 5.75 Å². The molecule has 2 aromatic carbocycles. The second-order valence-corrected chi connectivity index (χ2v) is 7.70. The Bertz CT molecular complexity index is 1190. The third-order valence-electron chi connectivity index (χ3n) is 5.76. The Balaban J connectivity index is 1.53. The average Bonchev–Trinajstić information content (AvgIpc) is 3.31. The SMILES string of the molecule is COc1cccc([C@@H](CNC(=O)Cn2c(=O)[nH]c(=O)c3ccccc32)N2CCCC2)c1. The summed E-state index contributed by atoms with van der Waals surface area (Å²) in [6.45, 7) is 2.20. The first-order chi connectivity index (χ1) is 15.1. The molecule has 1 amide bonds. The molecule has 8 heteroatoms. The molecule has 1 aliphatic heterocycles. The Labute approximate surface area is 179 Å². The first-order valence-electron chi connectivity index (χ1n) is 10.4. The molecule has 2 N–H and O–H groups in total. The molecule has 4 rings (SSSR count). The summed E-state index contributed by atoms with van der Waals surface area (Å²) in [6, 6.07) is 14.7. The van der Waals surface area contributed by atoms with Gasteiger partial charge in [0.1, 0.15) is 12.3 Å². The van der Waals surface area contributed by atoms with Crippen molar-refractivity contribution in [2.24, 2.45) is 0 Å². The van der Waals surface area contributed by atoms with E-state index in [2.05, 4.69) is 15.2 Å². The van der Waals surface area contributed by atoms with Crippen molar-refractivity contribution in [1.29, 1.82) is 0 Å². The summed E-state index contributed by atoms with van der Waals surface area (Å²) in [6.07, 6.45) is 2.26. The number of para-hydroxylation sites is 1. The lowest BCUT2D eigenvalue weighted by molar-refractivity contribution is -0.121. The molecular weight excluding hydrogens is 396 g/mol. The molecule has 0 aliphatic carbocycles. The van der Waals surface area contributed by atoms with E-state index in [0.29, 0.717) is 17.4 Å². The molecule has 1 aliphatic rings. The third kappa shape index (κ3) is 4.54. The minimum atomic E-state index is -0.595. The normalized spacial score (nSPS) is 15.1. The maximum Gasteiger partial charge on any atom is 0.329 e. The first kappa shape index (κ1) is 20.9. The molecule has 2 heterocycles. The molecule has 3 aromatic rings. The molecule has 0 radical (unpaired) electrons. The molecule has 1 saturated heterocycles. The van der Waals surface area contributed by atoms with Gasteiger partial charge in [0.15, 0.2) is 0 Å². The highest BCUT2D eigenvalue weighted by atomic mass is 16.5. The van der Waals surface area contributed by atoms with E-state index in [4.69, 9.17) is 4.74 Å². The van der Waals surface area contributed by atoms with Crippen LogP contribution in [0.3, 0.4) is 0 Å². The van der Waals surface area contributed by atoms with E-state index < -0.39 is 11.2 Å². The number of hydrogen-bond donors (Lipinski definition) is 2. The average molecular weight is 422 g/mol. The Morgan fingerprint density at radius 3 is 2.68 bits per heavy atom.